The first-order valence-corrected chi connectivity index (χ1v) is 13.5. The fourth-order valence-corrected chi connectivity index (χ4v) is 5.70. The van der Waals surface area contributed by atoms with E-state index in [1.807, 2.05) is 20.8 Å². The number of rotatable bonds is 3. The van der Waals surface area contributed by atoms with Gasteiger partial charge in [0.25, 0.3) is 0 Å². The van der Waals surface area contributed by atoms with Gasteiger partial charge in [0.15, 0.2) is 5.82 Å². The molecule has 3 aliphatic heterocycles. The molecule has 3 aliphatic rings. The molecule has 1 aromatic heterocycles. The van der Waals surface area contributed by atoms with Gasteiger partial charge in [-0.15, -0.1) is 0 Å². The highest BCUT2D eigenvalue weighted by molar-refractivity contribution is 9.10. The van der Waals surface area contributed by atoms with Crippen molar-refractivity contribution in [3.8, 4) is 0 Å². The van der Waals surface area contributed by atoms with Crippen LogP contribution in [0.15, 0.2) is 10.5 Å². The number of likely N-dealkylation sites (N-methyl/N-ethyl adjacent to an activating group) is 1. The summed E-state index contributed by atoms with van der Waals surface area (Å²) < 4.78 is 21.0. The lowest BCUT2D eigenvalue weighted by Crippen LogP contribution is -2.62. The lowest BCUT2D eigenvalue weighted by Gasteiger charge is -2.53. The quantitative estimate of drug-likeness (QED) is 0.482. The summed E-state index contributed by atoms with van der Waals surface area (Å²) in [6, 6.07) is 2.18. The standard InChI is InChI=1S/C25H33BrClFN6O2/c1-24(2,3)36-23(35)34-13-25(14-34)6-8-32(9-7-25)21-16-10-17(27)18(26)19(28)20(16)29-22(30-21)33-11-15(12-33)31(4)5/h10,15H,6-9,11-14H2,1-5H3. The van der Waals surface area contributed by atoms with Crippen LogP contribution in [0.3, 0.4) is 0 Å². The van der Waals surface area contributed by atoms with E-state index in [1.54, 1.807) is 11.0 Å². The minimum atomic E-state index is -0.496. The van der Waals surface area contributed by atoms with E-state index in [0.717, 1.165) is 44.8 Å². The number of amides is 1. The molecular weight excluding hydrogens is 551 g/mol. The number of benzene rings is 1. The van der Waals surface area contributed by atoms with Gasteiger partial charge in [0.05, 0.1) is 9.50 Å². The van der Waals surface area contributed by atoms with Crippen molar-refractivity contribution < 1.29 is 13.9 Å². The van der Waals surface area contributed by atoms with E-state index in [2.05, 4.69) is 49.7 Å². The monoisotopic (exact) mass is 582 g/mol. The van der Waals surface area contributed by atoms with Gasteiger partial charge in [-0.1, -0.05) is 11.6 Å². The highest BCUT2D eigenvalue weighted by atomic mass is 79.9. The van der Waals surface area contributed by atoms with Gasteiger partial charge in [0.2, 0.25) is 5.95 Å². The first-order chi connectivity index (χ1) is 16.9. The normalized spacial score (nSPS) is 20.2. The molecule has 0 unspecified atom stereocenters. The maximum atomic E-state index is 15.3. The summed E-state index contributed by atoms with van der Waals surface area (Å²) >= 11 is 9.61. The van der Waals surface area contributed by atoms with Gasteiger partial charge in [-0.05, 0) is 69.7 Å². The molecule has 2 aromatic rings. The van der Waals surface area contributed by atoms with Gasteiger partial charge < -0.3 is 24.3 Å². The molecule has 0 N–H and O–H groups in total. The highest BCUT2D eigenvalue weighted by Crippen LogP contribution is 2.43. The SMILES string of the molecule is CN(C)C1CN(c2nc(N3CCC4(CC3)CN(C(=O)OC(C)(C)C)C4)c3cc(Cl)c(Br)c(F)c3n2)C1. The number of piperidine rings is 1. The smallest absolute Gasteiger partial charge is 0.410 e. The van der Waals surface area contributed by atoms with E-state index in [1.165, 1.54) is 0 Å². The predicted molar refractivity (Wildman–Crippen MR) is 144 cm³/mol. The highest BCUT2D eigenvalue weighted by Gasteiger charge is 2.48. The minimum absolute atomic E-state index is 0.0986. The summed E-state index contributed by atoms with van der Waals surface area (Å²) in [5.74, 6) is 0.797. The molecule has 1 amide bonds. The van der Waals surface area contributed by atoms with E-state index in [-0.39, 0.29) is 21.5 Å². The molecule has 0 saturated carbocycles. The molecule has 3 saturated heterocycles. The molecule has 5 rings (SSSR count). The van der Waals surface area contributed by atoms with Crippen LogP contribution in [-0.4, -0.2) is 90.9 Å². The molecule has 0 bridgehead atoms. The lowest BCUT2D eigenvalue weighted by molar-refractivity contribution is -0.0434. The average Bonchev–Trinajstić information content (AvgIpc) is 2.73. The number of hydrogen-bond donors (Lipinski definition) is 0. The number of hydrogen-bond acceptors (Lipinski definition) is 7. The number of likely N-dealkylation sites (tertiary alicyclic amines) is 1. The van der Waals surface area contributed by atoms with E-state index >= 15 is 4.39 Å². The number of nitrogens with zero attached hydrogens (tertiary/aromatic N) is 6. The zero-order chi connectivity index (χ0) is 26.0. The molecule has 1 aromatic carbocycles. The third-order valence-electron chi connectivity index (χ3n) is 7.50. The second kappa shape index (κ2) is 9.13. The van der Waals surface area contributed by atoms with E-state index in [4.69, 9.17) is 21.3 Å². The van der Waals surface area contributed by atoms with Crippen molar-refractivity contribution in [3.05, 3.63) is 21.4 Å². The van der Waals surface area contributed by atoms with Crippen LogP contribution in [0.25, 0.3) is 10.9 Å². The number of carbonyl (C=O) groups is 1. The Balaban J connectivity index is 1.36. The molecule has 4 heterocycles. The Bertz CT molecular complexity index is 1180. The molecule has 8 nitrogen and oxygen atoms in total. The van der Waals surface area contributed by atoms with Crippen LogP contribution in [0.1, 0.15) is 33.6 Å². The summed E-state index contributed by atoms with van der Waals surface area (Å²) in [5, 5.41) is 0.920. The van der Waals surface area contributed by atoms with Crippen molar-refractivity contribution >= 4 is 56.3 Å². The summed E-state index contributed by atoms with van der Waals surface area (Å²) in [6.07, 6.45) is 1.60. The van der Waals surface area contributed by atoms with Crippen molar-refractivity contribution in [1.82, 2.24) is 19.8 Å². The summed E-state index contributed by atoms with van der Waals surface area (Å²) in [4.78, 5) is 30.2. The Labute approximate surface area is 224 Å². The second-order valence-electron chi connectivity index (χ2n) is 11.6. The molecule has 0 aliphatic carbocycles. The van der Waals surface area contributed by atoms with Crippen molar-refractivity contribution in [2.24, 2.45) is 5.41 Å². The summed E-state index contributed by atoms with van der Waals surface area (Å²) in [5.41, 5.74) is -0.120. The van der Waals surface area contributed by atoms with Crippen molar-refractivity contribution in [2.45, 2.75) is 45.3 Å². The predicted octanol–water partition coefficient (Wildman–Crippen LogP) is 4.77. The number of carbonyl (C=O) groups excluding carboxylic acids is 1. The molecular formula is C25H33BrClFN6O2. The molecule has 36 heavy (non-hydrogen) atoms. The van der Waals surface area contributed by atoms with Gasteiger partial charge in [-0.3, -0.25) is 0 Å². The van der Waals surface area contributed by atoms with Gasteiger partial charge >= 0.3 is 6.09 Å². The maximum absolute atomic E-state index is 15.3. The third-order valence-corrected chi connectivity index (χ3v) is 8.80. The molecule has 3 fully saturated rings. The largest absolute Gasteiger partial charge is 0.444 e. The van der Waals surface area contributed by atoms with Crippen LogP contribution in [0.2, 0.25) is 5.02 Å². The number of halogens is 3. The second-order valence-corrected chi connectivity index (χ2v) is 12.8. The Kier molecular flexibility index (Phi) is 6.53. The number of ether oxygens (including phenoxy) is 1. The van der Waals surface area contributed by atoms with Crippen LogP contribution in [0.4, 0.5) is 21.0 Å². The Morgan fingerprint density at radius 3 is 2.42 bits per heavy atom. The van der Waals surface area contributed by atoms with Crippen LogP contribution in [0, 0.1) is 11.2 Å². The average molecular weight is 584 g/mol. The maximum Gasteiger partial charge on any atom is 0.410 e. The summed E-state index contributed by atoms with van der Waals surface area (Å²) in [6.45, 7) is 10.2. The summed E-state index contributed by atoms with van der Waals surface area (Å²) in [7, 11) is 4.11. The van der Waals surface area contributed by atoms with E-state index in [9.17, 15) is 4.79 Å². The van der Waals surface area contributed by atoms with E-state index < -0.39 is 11.4 Å². The van der Waals surface area contributed by atoms with Gasteiger partial charge in [0, 0.05) is 56.1 Å². The Morgan fingerprint density at radius 2 is 1.83 bits per heavy atom. The van der Waals surface area contributed by atoms with Crippen molar-refractivity contribution in [1.29, 1.82) is 0 Å². The van der Waals surface area contributed by atoms with Crippen molar-refractivity contribution in [3.63, 3.8) is 0 Å². The third kappa shape index (κ3) is 4.72. The van der Waals surface area contributed by atoms with E-state index in [0.29, 0.717) is 35.5 Å². The molecule has 0 radical (unpaired) electrons. The van der Waals surface area contributed by atoms with Crippen LogP contribution >= 0.6 is 27.5 Å². The molecule has 11 heteroatoms. The Morgan fingerprint density at radius 1 is 1.19 bits per heavy atom. The minimum Gasteiger partial charge on any atom is -0.444 e. The molecule has 0 atom stereocenters. The van der Waals surface area contributed by atoms with Gasteiger partial charge in [-0.25, -0.2) is 14.2 Å². The van der Waals surface area contributed by atoms with Gasteiger partial charge in [0.1, 0.15) is 16.9 Å². The topological polar surface area (TPSA) is 65.0 Å². The zero-order valence-electron chi connectivity index (χ0n) is 21.4. The first-order valence-electron chi connectivity index (χ1n) is 12.4. The van der Waals surface area contributed by atoms with Crippen LogP contribution in [-0.2, 0) is 4.74 Å². The van der Waals surface area contributed by atoms with Gasteiger partial charge in [-0.2, -0.15) is 4.98 Å². The molecule has 1 spiro atoms. The number of anilines is 2. The number of fused-ring (bicyclic) bond motifs is 1. The molecule has 196 valence electrons. The van der Waals surface area contributed by atoms with Crippen molar-refractivity contribution in [2.75, 3.05) is 63.2 Å². The Hall–Kier alpha value is -1.91. The fraction of sp³-hybridized carbons (Fsp3) is 0.640. The fourth-order valence-electron chi connectivity index (χ4n) is 5.20. The lowest BCUT2D eigenvalue weighted by atomic mass is 9.72. The van der Waals surface area contributed by atoms with Crippen LogP contribution < -0.4 is 9.80 Å². The zero-order valence-corrected chi connectivity index (χ0v) is 23.8. The van der Waals surface area contributed by atoms with Crippen LogP contribution in [0.5, 0.6) is 0 Å². The first kappa shape index (κ1) is 25.7. The number of aromatic nitrogens is 2.